The molecule has 0 fully saturated rings. The van der Waals surface area contributed by atoms with Crippen LogP contribution in [0.15, 0.2) is 0 Å². The van der Waals surface area contributed by atoms with Crippen molar-refractivity contribution in [1.82, 2.24) is 4.90 Å². The summed E-state index contributed by atoms with van der Waals surface area (Å²) in [6.45, 7) is 11.3. The second kappa shape index (κ2) is 8.82. The van der Waals surface area contributed by atoms with E-state index in [4.69, 9.17) is 9.47 Å². The van der Waals surface area contributed by atoms with Gasteiger partial charge in [0.2, 0.25) is 0 Å². The zero-order chi connectivity index (χ0) is 20.0. The number of carbonyl (C=O) groups is 4. The van der Waals surface area contributed by atoms with Crippen molar-refractivity contribution in [2.45, 2.75) is 72.1 Å². The molecule has 0 aliphatic carbocycles. The molecular weight excluding hydrogens is 330 g/mol. The molecule has 0 aromatic rings. The van der Waals surface area contributed by atoms with Crippen LogP contribution in [0.25, 0.3) is 0 Å². The van der Waals surface area contributed by atoms with Gasteiger partial charge < -0.3 is 19.0 Å². The summed E-state index contributed by atoms with van der Waals surface area (Å²) in [4.78, 5) is 48.7. The van der Waals surface area contributed by atoms with Crippen LogP contribution in [0.5, 0.6) is 0 Å². The lowest BCUT2D eigenvalue weighted by Gasteiger charge is -2.32. The van der Waals surface area contributed by atoms with Gasteiger partial charge in [-0.25, -0.2) is 14.4 Å². The summed E-state index contributed by atoms with van der Waals surface area (Å²) in [5, 5.41) is 0. The van der Waals surface area contributed by atoms with Gasteiger partial charge in [-0.2, -0.15) is 4.90 Å². The van der Waals surface area contributed by atoms with Gasteiger partial charge in [-0.05, 0) is 48.0 Å². The molecule has 0 aliphatic rings. The molecule has 144 valence electrons. The molecule has 0 saturated heterocycles. The molecule has 0 aromatic heterocycles. The topological polar surface area (TPSA) is 99.2 Å². The molecular formula is C17H29NO7. The van der Waals surface area contributed by atoms with E-state index in [2.05, 4.69) is 4.74 Å². The second-order valence-corrected chi connectivity index (χ2v) is 7.72. The quantitative estimate of drug-likeness (QED) is 0.423. The number of imide groups is 1. The second-order valence-electron chi connectivity index (χ2n) is 7.72. The number of esters is 1. The van der Waals surface area contributed by atoms with Crippen molar-refractivity contribution < 1.29 is 33.4 Å². The van der Waals surface area contributed by atoms with E-state index in [0.717, 1.165) is 7.11 Å². The Hall–Kier alpha value is -2.12. The number of nitrogens with zero attached hydrogens (tertiary/aromatic N) is 1. The fraction of sp³-hybridized carbons (Fsp3) is 0.765. The lowest BCUT2D eigenvalue weighted by molar-refractivity contribution is -0.147. The van der Waals surface area contributed by atoms with Crippen LogP contribution in [0.2, 0.25) is 0 Å². The number of hydrogen-bond acceptors (Lipinski definition) is 7. The molecule has 0 radical (unpaired) electrons. The number of methoxy groups -OCH3 is 1. The first-order valence-corrected chi connectivity index (χ1v) is 8.00. The van der Waals surface area contributed by atoms with Gasteiger partial charge >= 0.3 is 18.2 Å². The summed E-state index contributed by atoms with van der Waals surface area (Å²) in [5.74, 6) is -1.43. The maximum absolute atomic E-state index is 12.5. The molecule has 1 unspecified atom stereocenters. The van der Waals surface area contributed by atoms with Gasteiger partial charge in [0.1, 0.15) is 23.5 Å². The van der Waals surface area contributed by atoms with Crippen molar-refractivity contribution in [1.29, 1.82) is 0 Å². The van der Waals surface area contributed by atoms with Crippen molar-refractivity contribution >= 4 is 24.4 Å². The van der Waals surface area contributed by atoms with Crippen LogP contribution in [-0.2, 0) is 23.8 Å². The highest BCUT2D eigenvalue weighted by Gasteiger charge is 2.41. The molecule has 8 nitrogen and oxygen atoms in total. The third-order valence-corrected chi connectivity index (χ3v) is 2.79. The molecule has 0 N–H and O–H groups in total. The van der Waals surface area contributed by atoms with Crippen LogP contribution in [0.1, 0.15) is 54.9 Å². The van der Waals surface area contributed by atoms with Crippen LogP contribution in [-0.4, -0.2) is 53.7 Å². The maximum atomic E-state index is 12.5. The predicted octanol–water partition coefficient (Wildman–Crippen LogP) is 2.93. The fourth-order valence-corrected chi connectivity index (χ4v) is 1.80. The zero-order valence-electron chi connectivity index (χ0n) is 16.2. The Morgan fingerprint density at radius 3 is 1.64 bits per heavy atom. The molecule has 0 aliphatic heterocycles. The Kier molecular flexibility index (Phi) is 8.08. The van der Waals surface area contributed by atoms with Crippen molar-refractivity contribution in [3.8, 4) is 0 Å². The van der Waals surface area contributed by atoms with Gasteiger partial charge in [0.05, 0.1) is 7.11 Å². The van der Waals surface area contributed by atoms with Crippen molar-refractivity contribution in [3.05, 3.63) is 0 Å². The van der Waals surface area contributed by atoms with Gasteiger partial charge in [-0.3, -0.25) is 0 Å². The van der Waals surface area contributed by atoms with E-state index in [1.165, 1.54) is 0 Å². The van der Waals surface area contributed by atoms with E-state index in [1.54, 1.807) is 48.5 Å². The number of carbonyl (C=O) groups excluding carboxylic acids is 4. The van der Waals surface area contributed by atoms with Crippen LogP contribution >= 0.6 is 0 Å². The van der Waals surface area contributed by atoms with E-state index >= 15 is 0 Å². The predicted molar refractivity (Wildman–Crippen MR) is 90.0 cm³/mol. The molecule has 2 amide bonds. The third kappa shape index (κ3) is 8.51. The van der Waals surface area contributed by atoms with Gasteiger partial charge in [0.25, 0.3) is 0 Å². The lowest BCUT2D eigenvalue weighted by atomic mass is 10.0. The standard InChI is InChI=1S/C17H29NO7/c1-11(10-19)9-12(13(20)23-8)18(14(21)24-16(2,3)4)15(22)25-17(5,6)7/h10-12H,9H2,1-8H3/t11?,12-/m0/s1. The first kappa shape index (κ1) is 22.9. The average Bonchev–Trinajstić information content (AvgIpc) is 2.41. The highest BCUT2D eigenvalue weighted by atomic mass is 16.6. The SMILES string of the molecule is COC(=O)[C@H](CC(C)C=O)N(C(=O)OC(C)(C)C)C(=O)OC(C)(C)C. The molecule has 0 spiro atoms. The fourth-order valence-electron chi connectivity index (χ4n) is 1.80. The summed E-state index contributed by atoms with van der Waals surface area (Å²) in [5.41, 5.74) is -1.79. The Morgan fingerprint density at radius 1 is 0.960 bits per heavy atom. The average molecular weight is 359 g/mol. The number of ether oxygens (including phenoxy) is 3. The number of hydrogen-bond donors (Lipinski definition) is 0. The minimum Gasteiger partial charge on any atom is -0.467 e. The Labute approximate surface area is 148 Å². The molecule has 0 aromatic carbocycles. The van der Waals surface area contributed by atoms with Crippen LogP contribution < -0.4 is 0 Å². The van der Waals surface area contributed by atoms with E-state index < -0.39 is 41.3 Å². The normalized spacial score (nSPS) is 14.1. The van der Waals surface area contributed by atoms with E-state index in [-0.39, 0.29) is 6.42 Å². The summed E-state index contributed by atoms with van der Waals surface area (Å²) in [7, 11) is 1.13. The monoisotopic (exact) mass is 359 g/mol. The van der Waals surface area contributed by atoms with Gasteiger partial charge in [0, 0.05) is 5.92 Å². The molecule has 8 heteroatoms. The lowest BCUT2D eigenvalue weighted by Crippen LogP contribution is -2.52. The Balaban J connectivity index is 5.84. The largest absolute Gasteiger partial charge is 0.467 e. The van der Waals surface area contributed by atoms with Crippen molar-refractivity contribution in [3.63, 3.8) is 0 Å². The minimum atomic E-state index is -1.34. The number of rotatable bonds is 5. The van der Waals surface area contributed by atoms with E-state index in [0.29, 0.717) is 11.2 Å². The highest BCUT2D eigenvalue weighted by molar-refractivity contribution is 5.94. The minimum absolute atomic E-state index is 0.103. The smallest absolute Gasteiger partial charge is 0.420 e. The summed E-state index contributed by atoms with van der Waals surface area (Å²) in [6, 6.07) is -1.34. The zero-order valence-corrected chi connectivity index (χ0v) is 16.2. The molecule has 2 atom stereocenters. The highest BCUT2D eigenvalue weighted by Crippen LogP contribution is 2.20. The number of amides is 2. The molecule has 0 saturated carbocycles. The van der Waals surface area contributed by atoms with Gasteiger partial charge in [-0.15, -0.1) is 0 Å². The van der Waals surface area contributed by atoms with Crippen molar-refractivity contribution in [2.75, 3.05) is 7.11 Å². The summed E-state index contributed by atoms with van der Waals surface area (Å²) < 4.78 is 15.1. The van der Waals surface area contributed by atoms with Gasteiger partial charge in [0.15, 0.2) is 0 Å². The maximum Gasteiger partial charge on any atom is 0.420 e. The first-order chi connectivity index (χ1) is 11.2. The first-order valence-electron chi connectivity index (χ1n) is 8.00. The molecule has 0 bridgehead atoms. The molecule has 25 heavy (non-hydrogen) atoms. The number of aldehydes is 1. The molecule has 0 rings (SSSR count). The molecule has 0 heterocycles. The summed E-state index contributed by atoms with van der Waals surface area (Å²) in [6.07, 6.45) is -1.57. The van der Waals surface area contributed by atoms with Crippen LogP contribution in [0.3, 0.4) is 0 Å². The van der Waals surface area contributed by atoms with Gasteiger partial charge in [-0.1, -0.05) is 6.92 Å². The van der Waals surface area contributed by atoms with Crippen molar-refractivity contribution in [2.24, 2.45) is 5.92 Å². The van der Waals surface area contributed by atoms with Crippen LogP contribution in [0.4, 0.5) is 9.59 Å². The third-order valence-electron chi connectivity index (χ3n) is 2.79. The Morgan fingerprint density at radius 2 is 1.36 bits per heavy atom. The summed E-state index contributed by atoms with van der Waals surface area (Å²) >= 11 is 0. The van der Waals surface area contributed by atoms with Crippen LogP contribution in [0, 0.1) is 5.92 Å². The Bertz CT molecular complexity index is 474. The van der Waals surface area contributed by atoms with E-state index in [1.807, 2.05) is 0 Å². The van der Waals surface area contributed by atoms with E-state index in [9.17, 15) is 19.2 Å².